The van der Waals surface area contributed by atoms with Gasteiger partial charge >= 0.3 is 10.1 Å². The van der Waals surface area contributed by atoms with E-state index in [1.165, 1.54) is 49.9 Å². The van der Waals surface area contributed by atoms with Gasteiger partial charge in [0.15, 0.2) is 16.6 Å². The highest BCUT2D eigenvalue weighted by molar-refractivity contribution is 8.02. The van der Waals surface area contributed by atoms with E-state index < -0.39 is 33.0 Å². The quantitative estimate of drug-likeness (QED) is 0.435. The zero-order chi connectivity index (χ0) is 26.7. The predicted molar refractivity (Wildman–Crippen MR) is 140 cm³/mol. The number of nitrogens with one attached hydrogen (secondary N) is 2. The molecule has 1 aromatic carbocycles. The van der Waals surface area contributed by atoms with Gasteiger partial charge in [-0.2, -0.15) is 13.5 Å². The summed E-state index contributed by atoms with van der Waals surface area (Å²) in [6.45, 7) is 1.67. The van der Waals surface area contributed by atoms with E-state index >= 15 is 0 Å². The third kappa shape index (κ3) is 5.66. The van der Waals surface area contributed by atoms with Gasteiger partial charge in [-0.3, -0.25) is 14.6 Å². The molecule has 192 valence electrons. The molecule has 11 nitrogen and oxygen atoms in total. The van der Waals surface area contributed by atoms with Crippen molar-refractivity contribution in [1.29, 1.82) is 0 Å². The zero-order valence-corrected chi connectivity index (χ0v) is 21.8. The highest BCUT2D eigenvalue weighted by Gasteiger charge is 2.41. The molecule has 0 spiro atoms. The maximum Gasteiger partial charge on any atom is 0.354 e. The Hall–Kier alpha value is -3.74. The molecule has 3 aromatic rings. The Balaban J connectivity index is 1.70. The number of halogens is 2. The Morgan fingerprint density at radius 3 is 2.59 bits per heavy atom. The minimum absolute atomic E-state index is 0.0208. The molecule has 0 saturated carbocycles. The lowest BCUT2D eigenvalue weighted by Gasteiger charge is -2.23. The molecule has 0 radical (unpaired) electrons. The first-order valence-electron chi connectivity index (χ1n) is 10.8. The number of hydrazone groups is 1. The van der Waals surface area contributed by atoms with Crippen LogP contribution in [0, 0.1) is 6.92 Å². The molecule has 2 aromatic heterocycles. The van der Waals surface area contributed by atoms with Crippen molar-refractivity contribution in [3.8, 4) is 5.75 Å². The van der Waals surface area contributed by atoms with Gasteiger partial charge in [-0.05, 0) is 48.9 Å². The van der Waals surface area contributed by atoms with E-state index in [4.69, 9.17) is 27.4 Å². The molecular weight excluding hydrogens is 543 g/mol. The summed E-state index contributed by atoms with van der Waals surface area (Å²) in [5.74, 6) is -1.09. The molecule has 4 rings (SSSR count). The van der Waals surface area contributed by atoms with Crippen molar-refractivity contribution in [2.75, 3.05) is 17.4 Å². The second-order valence-electron chi connectivity index (χ2n) is 7.81. The van der Waals surface area contributed by atoms with Gasteiger partial charge in [-0.1, -0.05) is 23.2 Å². The number of hydrogen-bond donors (Lipinski definition) is 2. The van der Waals surface area contributed by atoms with Crippen LogP contribution in [-0.4, -0.2) is 48.3 Å². The molecule has 3 heterocycles. The first-order valence-corrected chi connectivity index (χ1v) is 12.9. The summed E-state index contributed by atoms with van der Waals surface area (Å²) in [5.41, 5.74) is 0.868. The van der Waals surface area contributed by atoms with Gasteiger partial charge in [-0.25, -0.2) is 9.99 Å². The summed E-state index contributed by atoms with van der Waals surface area (Å²) in [5, 5.41) is 10.5. The highest BCUT2D eigenvalue weighted by Crippen LogP contribution is 2.32. The summed E-state index contributed by atoms with van der Waals surface area (Å²) < 4.78 is 31.2. The summed E-state index contributed by atoms with van der Waals surface area (Å²) >= 11 is 12.4. The van der Waals surface area contributed by atoms with E-state index in [9.17, 15) is 18.0 Å². The average molecular weight is 563 g/mol. The lowest BCUT2D eigenvalue weighted by atomic mass is 10.1. The monoisotopic (exact) mass is 562 g/mol. The summed E-state index contributed by atoms with van der Waals surface area (Å²) in [4.78, 5) is 34.0. The van der Waals surface area contributed by atoms with Gasteiger partial charge in [0.05, 0.1) is 22.5 Å². The summed E-state index contributed by atoms with van der Waals surface area (Å²) in [7, 11) is -2.97. The van der Waals surface area contributed by atoms with Gasteiger partial charge in [0, 0.05) is 30.9 Å². The lowest BCUT2D eigenvalue weighted by Crippen LogP contribution is -2.40. The number of aromatic nitrogens is 2. The van der Waals surface area contributed by atoms with Crippen molar-refractivity contribution in [3.63, 3.8) is 0 Å². The van der Waals surface area contributed by atoms with Crippen LogP contribution in [0.3, 0.4) is 0 Å². The number of amides is 2. The lowest BCUT2D eigenvalue weighted by molar-refractivity contribution is -0.117. The third-order valence-corrected chi connectivity index (χ3v) is 7.04. The molecule has 0 saturated heterocycles. The first kappa shape index (κ1) is 26.3. The Morgan fingerprint density at radius 2 is 1.92 bits per heavy atom. The van der Waals surface area contributed by atoms with E-state index in [0.717, 1.165) is 5.01 Å². The highest BCUT2D eigenvalue weighted by atomic mass is 35.5. The Labute approximate surface area is 222 Å². The fraction of sp³-hybridized carbons (Fsp3) is 0.174. The number of hydrogen-bond acceptors (Lipinski definition) is 9. The van der Waals surface area contributed by atoms with E-state index in [1.807, 2.05) is 0 Å². The van der Waals surface area contributed by atoms with Gasteiger partial charge in [0.1, 0.15) is 6.04 Å². The molecule has 2 amide bonds. The second kappa shape index (κ2) is 10.7. The molecular formula is C23H20Cl2N6O5S. The number of pyridine rings is 2. The van der Waals surface area contributed by atoms with Gasteiger partial charge in [-0.15, -0.1) is 0 Å². The van der Waals surface area contributed by atoms with Crippen LogP contribution >= 0.6 is 23.2 Å². The van der Waals surface area contributed by atoms with Gasteiger partial charge in [0.2, 0.25) is 5.91 Å². The maximum atomic E-state index is 13.5. The molecule has 2 N–H and O–H groups in total. The molecule has 1 aliphatic rings. The summed E-state index contributed by atoms with van der Waals surface area (Å²) in [6, 6.07) is 7.84. The number of aryl methyl sites for hydroxylation is 1. The minimum atomic E-state index is -4.41. The van der Waals surface area contributed by atoms with E-state index in [1.54, 1.807) is 19.1 Å². The van der Waals surface area contributed by atoms with Crippen LogP contribution in [0.15, 0.2) is 60.1 Å². The number of carbonyl (C=O) groups is 2. The van der Waals surface area contributed by atoms with Crippen molar-refractivity contribution in [3.05, 3.63) is 76.2 Å². The van der Waals surface area contributed by atoms with E-state index in [0.29, 0.717) is 10.6 Å². The number of anilines is 2. The fourth-order valence-electron chi connectivity index (χ4n) is 3.58. The van der Waals surface area contributed by atoms with Crippen molar-refractivity contribution >= 4 is 61.7 Å². The van der Waals surface area contributed by atoms with Crippen LogP contribution in [-0.2, 0) is 14.9 Å². The molecule has 14 heteroatoms. The average Bonchev–Trinajstić information content (AvgIpc) is 3.32. The second-order valence-corrected chi connectivity index (χ2v) is 10.2. The Bertz CT molecular complexity index is 1500. The Kier molecular flexibility index (Phi) is 7.62. The number of nitrogens with zero attached hydrogens (tertiary/aromatic N) is 4. The standard InChI is InChI=1S/C23H20Cl2N6O5S/c1-13-9-14(24)10-16(22(32)26-2)20(13)29-23(33)18-11-19(30-31(18)21-17(25)6-4-8-28-21)37(34,35)36-15-5-3-7-27-12-15/h3-10,12,18H,11H2,1-2H3,(H,26,32)(H,29,33). The number of benzene rings is 1. The topological polar surface area (TPSA) is 143 Å². The first-order chi connectivity index (χ1) is 17.6. The maximum absolute atomic E-state index is 13.5. The largest absolute Gasteiger partial charge is 0.376 e. The number of carbonyl (C=O) groups excluding carboxylic acids is 2. The molecule has 0 fully saturated rings. The van der Waals surface area contributed by atoms with Crippen molar-refractivity contribution in [2.24, 2.45) is 5.10 Å². The SMILES string of the molecule is CNC(=O)c1cc(Cl)cc(C)c1NC(=O)C1CC(S(=O)(=O)Oc2cccnc2)=NN1c1ncccc1Cl. The van der Waals surface area contributed by atoms with Crippen LogP contribution in [0.4, 0.5) is 11.5 Å². The molecule has 0 bridgehead atoms. The van der Waals surface area contributed by atoms with Crippen LogP contribution in [0.5, 0.6) is 5.75 Å². The molecule has 0 aliphatic carbocycles. The van der Waals surface area contributed by atoms with Gasteiger partial charge < -0.3 is 14.8 Å². The van der Waals surface area contributed by atoms with Crippen molar-refractivity contribution < 1.29 is 22.2 Å². The summed E-state index contributed by atoms with van der Waals surface area (Å²) in [6.07, 6.45) is 3.76. The van der Waals surface area contributed by atoms with E-state index in [-0.39, 0.29) is 34.3 Å². The van der Waals surface area contributed by atoms with Crippen molar-refractivity contribution in [1.82, 2.24) is 15.3 Å². The molecule has 37 heavy (non-hydrogen) atoms. The van der Waals surface area contributed by atoms with Crippen LogP contribution in [0.2, 0.25) is 10.0 Å². The zero-order valence-electron chi connectivity index (χ0n) is 19.5. The van der Waals surface area contributed by atoms with Gasteiger partial charge in [0.25, 0.3) is 5.91 Å². The van der Waals surface area contributed by atoms with E-state index in [2.05, 4.69) is 25.7 Å². The Morgan fingerprint density at radius 1 is 1.16 bits per heavy atom. The normalized spacial score (nSPS) is 15.2. The number of rotatable bonds is 6. The molecule has 1 aliphatic heterocycles. The van der Waals surface area contributed by atoms with Crippen LogP contribution in [0.1, 0.15) is 22.3 Å². The van der Waals surface area contributed by atoms with Crippen LogP contribution in [0.25, 0.3) is 0 Å². The predicted octanol–water partition coefficient (Wildman–Crippen LogP) is 3.39. The fourth-order valence-corrected chi connectivity index (χ4v) is 5.06. The minimum Gasteiger partial charge on any atom is -0.376 e. The molecule has 1 unspecified atom stereocenters. The smallest absolute Gasteiger partial charge is 0.354 e. The third-order valence-electron chi connectivity index (χ3n) is 5.29. The molecule has 1 atom stereocenters. The van der Waals surface area contributed by atoms with Crippen LogP contribution < -0.4 is 19.8 Å². The van der Waals surface area contributed by atoms with Crippen molar-refractivity contribution in [2.45, 2.75) is 19.4 Å².